The highest BCUT2D eigenvalue weighted by Crippen LogP contribution is 2.48. The lowest BCUT2D eigenvalue weighted by molar-refractivity contribution is 0.293. The average Bonchev–Trinajstić information content (AvgIpc) is 2.97. The van der Waals surface area contributed by atoms with Crippen LogP contribution in [0.1, 0.15) is 36.9 Å². The molecule has 120 valence electrons. The average molecular weight is 336 g/mol. The van der Waals surface area contributed by atoms with Crippen LogP contribution >= 0.6 is 11.6 Å². The number of nitrogens with zero attached hydrogens (tertiary/aromatic N) is 2. The third-order valence-corrected chi connectivity index (χ3v) is 5.55. The Balaban J connectivity index is 1.57. The minimum Gasteiger partial charge on any atom is -0.367 e. The zero-order chi connectivity index (χ0) is 16.6. The van der Waals surface area contributed by atoms with Crippen LogP contribution in [-0.4, -0.2) is 10.5 Å². The second kappa shape index (κ2) is 5.65. The maximum absolute atomic E-state index is 9.82. The minimum atomic E-state index is -0.540. The van der Waals surface area contributed by atoms with E-state index in [0.717, 1.165) is 31.4 Å². The fraction of sp³-hybridized carbons (Fsp3) is 0.300. The normalized spacial score (nSPS) is 27.7. The van der Waals surface area contributed by atoms with E-state index in [1.165, 1.54) is 11.3 Å². The molecule has 4 rings (SSSR count). The van der Waals surface area contributed by atoms with E-state index in [-0.39, 0.29) is 5.41 Å². The predicted molar refractivity (Wildman–Crippen MR) is 96.8 cm³/mol. The number of hydrogen-bond acceptors (Lipinski definition) is 3. The predicted octanol–water partition coefficient (Wildman–Crippen LogP) is 4.95. The van der Waals surface area contributed by atoms with Gasteiger partial charge in [0.05, 0.1) is 11.8 Å². The number of fused-ring (bicyclic) bond motifs is 2. The second-order valence-corrected chi connectivity index (χ2v) is 7.20. The first-order valence-electron chi connectivity index (χ1n) is 8.25. The smallest absolute Gasteiger partial charge is 0.125 e. The summed E-state index contributed by atoms with van der Waals surface area (Å²) in [7, 11) is 0. The van der Waals surface area contributed by atoms with Gasteiger partial charge in [-0.25, -0.2) is 0 Å². The summed E-state index contributed by atoms with van der Waals surface area (Å²) < 4.78 is 0. The summed E-state index contributed by atoms with van der Waals surface area (Å²) in [6.45, 7) is 0. The van der Waals surface area contributed by atoms with Crippen LogP contribution in [-0.2, 0) is 5.41 Å². The van der Waals surface area contributed by atoms with Crippen molar-refractivity contribution in [1.29, 1.82) is 5.26 Å². The number of benzene rings is 1. The van der Waals surface area contributed by atoms with Crippen molar-refractivity contribution in [2.75, 3.05) is 5.32 Å². The largest absolute Gasteiger partial charge is 0.367 e. The van der Waals surface area contributed by atoms with Gasteiger partial charge in [0.2, 0.25) is 0 Å². The van der Waals surface area contributed by atoms with Gasteiger partial charge >= 0.3 is 0 Å². The Morgan fingerprint density at radius 1 is 1.12 bits per heavy atom. The Kier molecular flexibility index (Phi) is 3.58. The summed E-state index contributed by atoms with van der Waals surface area (Å²) in [5, 5.41) is 13.9. The number of nitriles is 1. The fourth-order valence-corrected chi connectivity index (χ4v) is 4.12. The number of rotatable bonds is 2. The van der Waals surface area contributed by atoms with Gasteiger partial charge in [0.1, 0.15) is 5.54 Å². The third kappa shape index (κ3) is 2.48. The number of halogens is 1. The first-order valence-corrected chi connectivity index (χ1v) is 8.62. The summed E-state index contributed by atoms with van der Waals surface area (Å²) in [6.07, 6.45) is 9.75. The molecule has 3 nitrogen and oxygen atoms in total. The molecule has 1 aromatic heterocycles. The van der Waals surface area contributed by atoms with Gasteiger partial charge in [-0.15, -0.1) is 0 Å². The minimum absolute atomic E-state index is 0.00699. The van der Waals surface area contributed by atoms with Crippen molar-refractivity contribution >= 4 is 23.4 Å². The van der Waals surface area contributed by atoms with Crippen molar-refractivity contribution < 1.29 is 0 Å². The molecule has 1 saturated carbocycles. The quantitative estimate of drug-likeness (QED) is 0.844. The van der Waals surface area contributed by atoms with Crippen LogP contribution in [0.3, 0.4) is 0 Å². The number of pyridine rings is 1. The highest BCUT2D eigenvalue weighted by atomic mass is 35.5. The highest BCUT2D eigenvalue weighted by Gasteiger charge is 2.45. The van der Waals surface area contributed by atoms with E-state index >= 15 is 0 Å². The molecule has 0 amide bonds. The summed E-state index contributed by atoms with van der Waals surface area (Å²) in [5.41, 5.74) is 2.73. The first kappa shape index (κ1) is 15.2. The van der Waals surface area contributed by atoms with Crippen molar-refractivity contribution in [3.63, 3.8) is 0 Å². The lowest BCUT2D eigenvalue weighted by Gasteiger charge is -2.41. The SMILES string of the molecule is N#CC1(Nc2cccc(Cl)c2)CCC2(C=Cc3cccnc32)CC1. The van der Waals surface area contributed by atoms with E-state index in [4.69, 9.17) is 11.6 Å². The van der Waals surface area contributed by atoms with Gasteiger partial charge in [-0.05, 0) is 55.5 Å². The zero-order valence-electron chi connectivity index (χ0n) is 13.3. The molecule has 0 saturated heterocycles. The van der Waals surface area contributed by atoms with Crippen LogP contribution in [0.4, 0.5) is 5.69 Å². The molecule has 0 bridgehead atoms. The number of anilines is 1. The molecule has 1 aromatic carbocycles. The summed E-state index contributed by atoms with van der Waals surface area (Å²) in [6, 6.07) is 14.2. The van der Waals surface area contributed by atoms with Crippen molar-refractivity contribution in [2.24, 2.45) is 0 Å². The second-order valence-electron chi connectivity index (χ2n) is 6.76. The van der Waals surface area contributed by atoms with Gasteiger partial charge in [-0.1, -0.05) is 35.9 Å². The number of allylic oxidation sites excluding steroid dienone is 1. The van der Waals surface area contributed by atoms with E-state index in [9.17, 15) is 5.26 Å². The van der Waals surface area contributed by atoms with Crippen molar-refractivity contribution in [2.45, 2.75) is 36.6 Å². The molecule has 0 unspecified atom stereocenters. The summed E-state index contributed by atoms with van der Waals surface area (Å²) in [5.74, 6) is 0. The maximum atomic E-state index is 9.82. The Bertz CT molecular complexity index is 842. The fourth-order valence-electron chi connectivity index (χ4n) is 3.93. The highest BCUT2D eigenvalue weighted by molar-refractivity contribution is 6.30. The van der Waals surface area contributed by atoms with Gasteiger partial charge in [0, 0.05) is 22.3 Å². The van der Waals surface area contributed by atoms with Gasteiger partial charge in [-0.2, -0.15) is 5.26 Å². The van der Waals surface area contributed by atoms with E-state index in [1.807, 2.05) is 36.5 Å². The number of hydrogen-bond donors (Lipinski definition) is 1. The molecule has 2 aliphatic rings. The molecular weight excluding hydrogens is 318 g/mol. The standard InChI is InChI=1S/C20H18ClN3/c21-16-4-1-5-17(13-16)24-20(14-22)10-8-19(9-11-20)7-6-15-3-2-12-23-18(15)19/h1-7,12-13,24H,8-11H2. The van der Waals surface area contributed by atoms with E-state index < -0.39 is 5.54 Å². The molecule has 0 aliphatic heterocycles. The van der Waals surface area contributed by atoms with Crippen LogP contribution in [0.5, 0.6) is 0 Å². The lowest BCUT2D eigenvalue weighted by atomic mass is 9.67. The van der Waals surface area contributed by atoms with Crippen molar-refractivity contribution in [1.82, 2.24) is 4.98 Å². The van der Waals surface area contributed by atoms with E-state index in [2.05, 4.69) is 34.6 Å². The lowest BCUT2D eigenvalue weighted by Crippen LogP contribution is -2.44. The maximum Gasteiger partial charge on any atom is 0.125 e. The summed E-state index contributed by atoms with van der Waals surface area (Å²) in [4.78, 5) is 4.62. The first-order chi connectivity index (χ1) is 11.6. The van der Waals surface area contributed by atoms with E-state index in [0.29, 0.717) is 5.02 Å². The molecule has 0 atom stereocenters. The molecule has 2 aliphatic carbocycles. The zero-order valence-corrected chi connectivity index (χ0v) is 14.1. The van der Waals surface area contributed by atoms with Crippen molar-refractivity contribution in [3.8, 4) is 6.07 Å². The molecule has 1 spiro atoms. The van der Waals surface area contributed by atoms with Crippen molar-refractivity contribution in [3.05, 3.63) is 65.0 Å². The third-order valence-electron chi connectivity index (χ3n) is 5.31. The number of aromatic nitrogens is 1. The Morgan fingerprint density at radius 2 is 1.96 bits per heavy atom. The molecule has 1 N–H and O–H groups in total. The molecule has 24 heavy (non-hydrogen) atoms. The van der Waals surface area contributed by atoms with Gasteiger partial charge in [0.25, 0.3) is 0 Å². The molecule has 1 fully saturated rings. The van der Waals surface area contributed by atoms with E-state index in [1.54, 1.807) is 0 Å². The molecule has 2 aromatic rings. The van der Waals surface area contributed by atoms with Gasteiger partial charge in [0.15, 0.2) is 0 Å². The molecule has 4 heteroatoms. The van der Waals surface area contributed by atoms with Crippen LogP contribution in [0, 0.1) is 11.3 Å². The van der Waals surface area contributed by atoms with Crippen LogP contribution in [0.15, 0.2) is 48.7 Å². The molecule has 1 heterocycles. The Morgan fingerprint density at radius 3 is 2.71 bits per heavy atom. The van der Waals surface area contributed by atoms with Gasteiger partial charge < -0.3 is 5.32 Å². The molecule has 0 radical (unpaired) electrons. The number of nitrogens with one attached hydrogen (secondary N) is 1. The van der Waals surface area contributed by atoms with Gasteiger partial charge in [-0.3, -0.25) is 4.98 Å². The summed E-state index contributed by atoms with van der Waals surface area (Å²) >= 11 is 6.07. The molecular formula is C20H18ClN3. The Labute approximate surface area is 147 Å². The topological polar surface area (TPSA) is 48.7 Å². The Hall–Kier alpha value is -2.31. The van der Waals surface area contributed by atoms with Crippen LogP contribution < -0.4 is 5.32 Å². The van der Waals surface area contributed by atoms with Crippen LogP contribution in [0.2, 0.25) is 5.02 Å². The van der Waals surface area contributed by atoms with Crippen LogP contribution in [0.25, 0.3) is 6.08 Å². The monoisotopic (exact) mass is 335 g/mol.